The summed E-state index contributed by atoms with van der Waals surface area (Å²) in [6, 6.07) is 5.61. The molecule has 1 spiro atoms. The van der Waals surface area contributed by atoms with Crippen LogP contribution in [0.25, 0.3) is 0 Å². The molecule has 136 valence electrons. The van der Waals surface area contributed by atoms with Gasteiger partial charge in [-0.2, -0.15) is 0 Å². The molecule has 3 rings (SSSR count). The molecule has 5 heteroatoms. The maximum Gasteiger partial charge on any atom is 0.253 e. The molecule has 0 unspecified atom stereocenters. The maximum atomic E-state index is 12.8. The lowest BCUT2D eigenvalue weighted by molar-refractivity contribution is -0.138. The van der Waals surface area contributed by atoms with Gasteiger partial charge in [0, 0.05) is 38.2 Å². The van der Waals surface area contributed by atoms with Gasteiger partial charge < -0.3 is 14.5 Å². The van der Waals surface area contributed by atoms with Crippen molar-refractivity contribution in [2.45, 2.75) is 39.5 Å². The number of aryl methyl sites for hydroxylation is 1. The second-order valence-corrected chi connectivity index (χ2v) is 7.38. The number of nitrogens with zero attached hydrogens (tertiary/aromatic N) is 2. The van der Waals surface area contributed by atoms with Gasteiger partial charge in [-0.15, -0.1) is 0 Å². The van der Waals surface area contributed by atoms with Gasteiger partial charge in [-0.05, 0) is 62.3 Å². The summed E-state index contributed by atoms with van der Waals surface area (Å²) in [5.41, 5.74) is 1.91. The first kappa shape index (κ1) is 17.8. The van der Waals surface area contributed by atoms with Crippen LogP contribution in [0.1, 0.15) is 48.5 Å². The molecule has 0 bridgehead atoms. The second kappa shape index (κ2) is 7.06. The number of amides is 2. The first-order chi connectivity index (χ1) is 12.0. The fourth-order valence-corrected chi connectivity index (χ4v) is 4.18. The Hall–Kier alpha value is -2.04. The Balaban J connectivity index is 1.65. The van der Waals surface area contributed by atoms with Gasteiger partial charge in [-0.1, -0.05) is 0 Å². The smallest absolute Gasteiger partial charge is 0.253 e. The standard InChI is InChI=1S/C20H28N2O3/c1-4-21-14-20(8-7-18(21)23)9-11-22(12-10-20)19(24)16-5-6-17(25-3)15(2)13-16/h5-6,13H,4,7-12,14H2,1-3H3. The van der Waals surface area contributed by atoms with E-state index in [0.29, 0.717) is 6.42 Å². The summed E-state index contributed by atoms with van der Waals surface area (Å²) < 4.78 is 5.27. The average Bonchev–Trinajstić information content (AvgIpc) is 2.64. The topological polar surface area (TPSA) is 49.9 Å². The van der Waals surface area contributed by atoms with Crippen molar-refractivity contribution in [3.8, 4) is 5.75 Å². The van der Waals surface area contributed by atoms with Gasteiger partial charge in [0.15, 0.2) is 0 Å². The minimum Gasteiger partial charge on any atom is -0.496 e. The highest BCUT2D eigenvalue weighted by molar-refractivity contribution is 5.94. The van der Waals surface area contributed by atoms with Crippen molar-refractivity contribution in [1.82, 2.24) is 9.80 Å². The van der Waals surface area contributed by atoms with Crippen LogP contribution in [0.4, 0.5) is 0 Å². The van der Waals surface area contributed by atoms with E-state index in [0.717, 1.165) is 62.3 Å². The number of likely N-dealkylation sites (tertiary alicyclic amines) is 2. The number of carbonyl (C=O) groups is 2. The minimum atomic E-state index is 0.0971. The van der Waals surface area contributed by atoms with Crippen LogP contribution in [-0.2, 0) is 4.79 Å². The average molecular weight is 344 g/mol. The molecule has 0 aromatic heterocycles. The number of rotatable bonds is 3. The van der Waals surface area contributed by atoms with Gasteiger partial charge in [0.2, 0.25) is 5.91 Å². The van der Waals surface area contributed by atoms with E-state index in [2.05, 4.69) is 0 Å². The maximum absolute atomic E-state index is 12.8. The molecule has 2 aliphatic rings. The molecule has 0 saturated carbocycles. The number of hydrogen-bond acceptors (Lipinski definition) is 3. The van der Waals surface area contributed by atoms with E-state index >= 15 is 0 Å². The van der Waals surface area contributed by atoms with Gasteiger partial charge in [0.05, 0.1) is 7.11 Å². The summed E-state index contributed by atoms with van der Waals surface area (Å²) >= 11 is 0. The van der Waals surface area contributed by atoms with E-state index in [1.165, 1.54) is 0 Å². The van der Waals surface area contributed by atoms with Gasteiger partial charge in [-0.25, -0.2) is 0 Å². The molecule has 2 amide bonds. The van der Waals surface area contributed by atoms with Crippen molar-refractivity contribution in [3.63, 3.8) is 0 Å². The lowest BCUT2D eigenvalue weighted by atomic mass is 9.72. The fourth-order valence-electron chi connectivity index (χ4n) is 4.18. The lowest BCUT2D eigenvalue weighted by Crippen LogP contribution is -2.52. The van der Waals surface area contributed by atoms with Crippen molar-refractivity contribution in [1.29, 1.82) is 0 Å². The number of benzene rings is 1. The van der Waals surface area contributed by atoms with Crippen LogP contribution >= 0.6 is 0 Å². The van der Waals surface area contributed by atoms with Crippen molar-refractivity contribution in [2.75, 3.05) is 33.3 Å². The lowest BCUT2D eigenvalue weighted by Gasteiger charge is -2.47. The van der Waals surface area contributed by atoms with Gasteiger partial charge in [0.1, 0.15) is 5.75 Å². The molecule has 0 atom stereocenters. The van der Waals surface area contributed by atoms with Crippen molar-refractivity contribution < 1.29 is 14.3 Å². The van der Waals surface area contributed by atoms with Crippen molar-refractivity contribution >= 4 is 11.8 Å². The van der Waals surface area contributed by atoms with Crippen LogP contribution in [-0.4, -0.2) is 54.9 Å². The first-order valence-corrected chi connectivity index (χ1v) is 9.20. The molecule has 0 N–H and O–H groups in total. The summed E-state index contributed by atoms with van der Waals surface area (Å²) in [4.78, 5) is 28.7. The zero-order valence-corrected chi connectivity index (χ0v) is 15.5. The van der Waals surface area contributed by atoms with E-state index in [4.69, 9.17) is 4.74 Å². The Morgan fingerprint density at radius 2 is 1.96 bits per heavy atom. The minimum absolute atomic E-state index is 0.0971. The highest BCUT2D eigenvalue weighted by Crippen LogP contribution is 2.40. The van der Waals surface area contributed by atoms with Crippen LogP contribution in [0.2, 0.25) is 0 Å². The first-order valence-electron chi connectivity index (χ1n) is 9.20. The number of hydrogen-bond donors (Lipinski definition) is 0. The number of ether oxygens (including phenoxy) is 1. The third-order valence-corrected chi connectivity index (χ3v) is 5.88. The molecule has 2 saturated heterocycles. The highest BCUT2D eigenvalue weighted by Gasteiger charge is 2.41. The SMILES string of the molecule is CCN1CC2(CCC1=O)CCN(C(=O)c1ccc(OC)c(C)c1)CC2. The predicted octanol–water partition coefficient (Wildman–Crippen LogP) is 2.87. The third-order valence-electron chi connectivity index (χ3n) is 5.88. The molecule has 0 radical (unpaired) electrons. The molecule has 2 aliphatic heterocycles. The molecular formula is C20H28N2O3. The van der Waals surface area contributed by atoms with E-state index in [1.807, 2.05) is 41.8 Å². The molecule has 5 nitrogen and oxygen atoms in total. The highest BCUT2D eigenvalue weighted by atomic mass is 16.5. The molecule has 1 aromatic carbocycles. The van der Waals surface area contributed by atoms with Crippen LogP contribution in [0, 0.1) is 12.3 Å². The van der Waals surface area contributed by atoms with Crippen LogP contribution in [0.15, 0.2) is 18.2 Å². The Morgan fingerprint density at radius 1 is 1.24 bits per heavy atom. The number of methoxy groups -OCH3 is 1. The molecular weight excluding hydrogens is 316 g/mol. The van der Waals surface area contributed by atoms with Crippen LogP contribution in [0.3, 0.4) is 0 Å². The van der Waals surface area contributed by atoms with E-state index in [1.54, 1.807) is 7.11 Å². The monoisotopic (exact) mass is 344 g/mol. The van der Waals surface area contributed by atoms with Crippen LogP contribution in [0.5, 0.6) is 5.75 Å². The van der Waals surface area contributed by atoms with E-state index in [-0.39, 0.29) is 17.2 Å². The van der Waals surface area contributed by atoms with Gasteiger partial charge in [0.25, 0.3) is 5.91 Å². The number of carbonyl (C=O) groups excluding carboxylic acids is 2. The molecule has 1 aromatic rings. The summed E-state index contributed by atoms with van der Waals surface area (Å²) in [6.07, 6.45) is 3.58. The third kappa shape index (κ3) is 3.51. The van der Waals surface area contributed by atoms with Crippen molar-refractivity contribution in [2.24, 2.45) is 5.41 Å². The predicted molar refractivity (Wildman–Crippen MR) is 96.8 cm³/mol. The van der Waals surface area contributed by atoms with Gasteiger partial charge >= 0.3 is 0 Å². The van der Waals surface area contributed by atoms with Crippen LogP contribution < -0.4 is 4.74 Å². The van der Waals surface area contributed by atoms with E-state index < -0.39 is 0 Å². The molecule has 2 fully saturated rings. The fraction of sp³-hybridized carbons (Fsp3) is 0.600. The quantitative estimate of drug-likeness (QED) is 0.847. The zero-order chi connectivity index (χ0) is 18.0. The summed E-state index contributed by atoms with van der Waals surface area (Å²) in [7, 11) is 1.64. The van der Waals surface area contributed by atoms with Gasteiger partial charge in [-0.3, -0.25) is 9.59 Å². The Kier molecular flexibility index (Phi) is 5.02. The zero-order valence-electron chi connectivity index (χ0n) is 15.5. The molecule has 25 heavy (non-hydrogen) atoms. The molecule has 2 heterocycles. The molecule has 0 aliphatic carbocycles. The Labute approximate surface area is 149 Å². The largest absolute Gasteiger partial charge is 0.496 e. The Morgan fingerprint density at radius 3 is 2.56 bits per heavy atom. The Bertz CT molecular complexity index is 663. The van der Waals surface area contributed by atoms with E-state index in [9.17, 15) is 9.59 Å². The van der Waals surface area contributed by atoms with Crippen molar-refractivity contribution in [3.05, 3.63) is 29.3 Å². The summed E-state index contributed by atoms with van der Waals surface area (Å²) in [5, 5.41) is 0. The normalized spacial score (nSPS) is 20.0. The summed E-state index contributed by atoms with van der Waals surface area (Å²) in [6.45, 7) is 7.19. The summed E-state index contributed by atoms with van der Waals surface area (Å²) in [5.74, 6) is 1.18. The second-order valence-electron chi connectivity index (χ2n) is 7.38. The number of piperidine rings is 2.